The van der Waals surface area contributed by atoms with Crippen molar-refractivity contribution in [3.05, 3.63) is 29.3 Å². The number of nitrogens with zero attached hydrogens (tertiary/aromatic N) is 1. The van der Waals surface area contributed by atoms with Crippen molar-refractivity contribution in [3.63, 3.8) is 0 Å². The number of anilines is 1. The highest BCUT2D eigenvalue weighted by atomic mass is 16.3. The highest BCUT2D eigenvalue weighted by Crippen LogP contribution is 2.18. The number of benzene rings is 1. The molecule has 1 rings (SSSR count). The van der Waals surface area contributed by atoms with Crippen LogP contribution >= 0.6 is 0 Å². The Morgan fingerprint density at radius 2 is 2.18 bits per heavy atom. The second-order valence-corrected chi connectivity index (χ2v) is 3.91. The minimum absolute atomic E-state index is 0.0136. The van der Waals surface area contributed by atoms with Crippen LogP contribution in [0, 0.1) is 6.92 Å². The third-order valence-corrected chi connectivity index (χ3v) is 2.71. The summed E-state index contributed by atoms with van der Waals surface area (Å²) in [5.41, 5.74) is 2.58. The molecule has 1 amide bonds. The molecule has 0 bridgehead atoms. The number of aliphatic hydroxyl groups is 1. The standard InChI is InChI=1S/C13H20N2O2/c1-4-15(7-8-16)13(17)11-6-5-10(2)9-12(11)14-3/h5-6,9,14,16H,4,7-8H2,1-3H3. The minimum Gasteiger partial charge on any atom is -0.395 e. The lowest BCUT2D eigenvalue weighted by atomic mass is 10.1. The molecule has 0 aliphatic heterocycles. The Hall–Kier alpha value is -1.55. The quantitative estimate of drug-likeness (QED) is 0.814. The molecule has 0 spiro atoms. The van der Waals surface area contributed by atoms with E-state index in [1.165, 1.54) is 0 Å². The molecule has 0 aliphatic rings. The number of amides is 1. The summed E-state index contributed by atoms with van der Waals surface area (Å²) in [4.78, 5) is 13.9. The molecule has 2 N–H and O–H groups in total. The van der Waals surface area contributed by atoms with Crippen LogP contribution in [0.2, 0.25) is 0 Å². The molecule has 1 aromatic rings. The first-order valence-electron chi connectivity index (χ1n) is 5.82. The summed E-state index contributed by atoms with van der Waals surface area (Å²) in [6, 6.07) is 5.68. The number of hydrogen-bond acceptors (Lipinski definition) is 3. The van der Waals surface area contributed by atoms with Gasteiger partial charge in [0.15, 0.2) is 0 Å². The van der Waals surface area contributed by atoms with Crippen LogP contribution in [-0.2, 0) is 0 Å². The lowest BCUT2D eigenvalue weighted by molar-refractivity contribution is 0.0733. The zero-order chi connectivity index (χ0) is 12.8. The molecule has 1 aromatic carbocycles. The van der Waals surface area contributed by atoms with E-state index >= 15 is 0 Å². The van der Waals surface area contributed by atoms with E-state index in [-0.39, 0.29) is 12.5 Å². The van der Waals surface area contributed by atoms with Crippen LogP contribution in [0.15, 0.2) is 18.2 Å². The average molecular weight is 236 g/mol. The molecule has 0 saturated carbocycles. The summed E-state index contributed by atoms with van der Waals surface area (Å²) in [6.07, 6.45) is 0. The highest BCUT2D eigenvalue weighted by Gasteiger charge is 2.16. The fraction of sp³-hybridized carbons (Fsp3) is 0.462. The Balaban J connectivity index is 3.02. The lowest BCUT2D eigenvalue weighted by Gasteiger charge is -2.21. The second kappa shape index (κ2) is 6.25. The predicted octanol–water partition coefficient (Wildman–Crippen LogP) is 1.49. The maximum atomic E-state index is 12.2. The van der Waals surface area contributed by atoms with Crippen LogP contribution in [0.25, 0.3) is 0 Å². The van der Waals surface area contributed by atoms with Gasteiger partial charge in [-0.3, -0.25) is 4.79 Å². The molecule has 0 aromatic heterocycles. The van der Waals surface area contributed by atoms with Crippen LogP contribution < -0.4 is 5.32 Å². The zero-order valence-corrected chi connectivity index (χ0v) is 10.7. The van der Waals surface area contributed by atoms with Gasteiger partial charge in [0.2, 0.25) is 0 Å². The van der Waals surface area contributed by atoms with Crippen molar-refractivity contribution in [2.45, 2.75) is 13.8 Å². The van der Waals surface area contributed by atoms with E-state index < -0.39 is 0 Å². The first kappa shape index (κ1) is 13.5. The van der Waals surface area contributed by atoms with Crippen molar-refractivity contribution in [2.24, 2.45) is 0 Å². The van der Waals surface area contributed by atoms with Crippen molar-refractivity contribution in [2.75, 3.05) is 32.1 Å². The van der Waals surface area contributed by atoms with Crippen molar-refractivity contribution in [3.8, 4) is 0 Å². The summed E-state index contributed by atoms with van der Waals surface area (Å²) in [5, 5.41) is 12.0. The maximum absolute atomic E-state index is 12.2. The van der Waals surface area contributed by atoms with Gasteiger partial charge in [0.25, 0.3) is 5.91 Å². The average Bonchev–Trinajstić information content (AvgIpc) is 2.34. The molecule has 0 fully saturated rings. The maximum Gasteiger partial charge on any atom is 0.256 e. The van der Waals surface area contributed by atoms with Crippen LogP contribution in [0.4, 0.5) is 5.69 Å². The molecule has 0 unspecified atom stereocenters. The Kier molecular flexibility index (Phi) is 4.97. The van der Waals surface area contributed by atoms with Gasteiger partial charge in [-0.2, -0.15) is 0 Å². The van der Waals surface area contributed by atoms with Crippen molar-refractivity contribution in [1.29, 1.82) is 0 Å². The van der Waals surface area contributed by atoms with Gasteiger partial charge < -0.3 is 15.3 Å². The van der Waals surface area contributed by atoms with E-state index in [9.17, 15) is 4.79 Å². The summed E-state index contributed by atoms with van der Waals surface area (Å²) >= 11 is 0. The van der Waals surface area contributed by atoms with Gasteiger partial charge >= 0.3 is 0 Å². The van der Waals surface area contributed by atoms with Gasteiger partial charge in [-0.25, -0.2) is 0 Å². The Bertz CT molecular complexity index is 391. The van der Waals surface area contributed by atoms with Gasteiger partial charge in [-0.1, -0.05) is 6.07 Å². The molecule has 0 radical (unpaired) electrons. The smallest absolute Gasteiger partial charge is 0.256 e. The van der Waals surface area contributed by atoms with Gasteiger partial charge in [-0.05, 0) is 31.5 Å². The van der Waals surface area contributed by atoms with E-state index in [1.807, 2.05) is 32.0 Å². The topological polar surface area (TPSA) is 52.6 Å². The second-order valence-electron chi connectivity index (χ2n) is 3.91. The number of carbonyl (C=O) groups is 1. The first-order chi connectivity index (χ1) is 8.13. The molecule has 0 aliphatic carbocycles. The molecular weight excluding hydrogens is 216 g/mol. The third-order valence-electron chi connectivity index (χ3n) is 2.71. The lowest BCUT2D eigenvalue weighted by Crippen LogP contribution is -2.33. The molecule has 0 saturated heterocycles. The number of rotatable bonds is 5. The van der Waals surface area contributed by atoms with E-state index in [4.69, 9.17) is 5.11 Å². The van der Waals surface area contributed by atoms with Gasteiger partial charge in [0.05, 0.1) is 12.2 Å². The number of carbonyl (C=O) groups excluding carboxylic acids is 1. The molecular formula is C13H20N2O2. The van der Waals surface area contributed by atoms with Crippen molar-refractivity contribution >= 4 is 11.6 Å². The number of aryl methyl sites for hydroxylation is 1. The molecule has 4 heteroatoms. The summed E-state index contributed by atoms with van der Waals surface area (Å²) in [6.45, 7) is 4.84. The van der Waals surface area contributed by atoms with Crippen molar-refractivity contribution in [1.82, 2.24) is 4.90 Å². The Morgan fingerprint density at radius 3 is 2.71 bits per heavy atom. The minimum atomic E-state index is -0.0501. The zero-order valence-electron chi connectivity index (χ0n) is 10.7. The fourth-order valence-electron chi connectivity index (χ4n) is 1.75. The normalized spacial score (nSPS) is 10.1. The number of aliphatic hydroxyl groups excluding tert-OH is 1. The van der Waals surface area contributed by atoms with Gasteiger partial charge in [0.1, 0.15) is 0 Å². The molecule has 0 atom stereocenters. The summed E-state index contributed by atoms with van der Waals surface area (Å²) < 4.78 is 0. The van der Waals surface area contributed by atoms with Gasteiger partial charge in [-0.15, -0.1) is 0 Å². The molecule has 94 valence electrons. The summed E-state index contributed by atoms with van der Waals surface area (Å²) in [7, 11) is 1.80. The van der Waals surface area contributed by atoms with Gasteiger partial charge in [0, 0.05) is 25.8 Å². The number of hydrogen-bond donors (Lipinski definition) is 2. The van der Waals surface area contributed by atoms with Crippen LogP contribution in [-0.4, -0.2) is 42.7 Å². The van der Waals surface area contributed by atoms with Crippen molar-refractivity contribution < 1.29 is 9.90 Å². The number of nitrogens with one attached hydrogen (secondary N) is 1. The van der Waals surface area contributed by atoms with E-state index in [2.05, 4.69) is 5.32 Å². The Morgan fingerprint density at radius 1 is 1.47 bits per heavy atom. The SMILES string of the molecule is CCN(CCO)C(=O)c1ccc(C)cc1NC. The van der Waals surface area contributed by atoms with Crippen LogP contribution in [0.1, 0.15) is 22.8 Å². The van der Waals surface area contributed by atoms with E-state index in [1.54, 1.807) is 11.9 Å². The summed E-state index contributed by atoms with van der Waals surface area (Å²) in [5.74, 6) is -0.0501. The Labute approximate surface area is 102 Å². The monoisotopic (exact) mass is 236 g/mol. The van der Waals surface area contributed by atoms with Crippen LogP contribution in [0.3, 0.4) is 0 Å². The third kappa shape index (κ3) is 3.20. The van der Waals surface area contributed by atoms with Crippen LogP contribution in [0.5, 0.6) is 0 Å². The molecule has 17 heavy (non-hydrogen) atoms. The van der Waals surface area contributed by atoms with E-state index in [0.29, 0.717) is 18.7 Å². The molecule has 0 heterocycles. The number of likely N-dealkylation sites (N-methyl/N-ethyl adjacent to an activating group) is 1. The first-order valence-corrected chi connectivity index (χ1v) is 5.82. The molecule has 4 nitrogen and oxygen atoms in total. The highest BCUT2D eigenvalue weighted by molar-refractivity contribution is 5.99. The van der Waals surface area contributed by atoms with E-state index in [0.717, 1.165) is 11.3 Å². The largest absolute Gasteiger partial charge is 0.395 e. The predicted molar refractivity (Wildman–Crippen MR) is 69.4 cm³/mol. The fourth-order valence-corrected chi connectivity index (χ4v) is 1.75.